The van der Waals surface area contributed by atoms with Crippen LogP contribution < -0.4 is 5.32 Å². The molecule has 1 aliphatic rings. The molecule has 1 fully saturated rings. The summed E-state index contributed by atoms with van der Waals surface area (Å²) < 4.78 is 0.899. The second-order valence-electron chi connectivity index (χ2n) is 3.86. The van der Waals surface area contributed by atoms with Gasteiger partial charge in [-0.25, -0.2) is 0 Å². The maximum absolute atomic E-state index is 5.23. The van der Waals surface area contributed by atoms with Gasteiger partial charge in [0.2, 0.25) is 0 Å². The second-order valence-corrected chi connectivity index (χ2v) is 5.34. The molecule has 1 saturated carbocycles. The Labute approximate surface area is 101 Å². The molecule has 0 bridgehead atoms. The molecule has 1 N–H and O–H groups in total. The van der Waals surface area contributed by atoms with E-state index in [0.29, 0.717) is 6.04 Å². The van der Waals surface area contributed by atoms with E-state index in [1.54, 1.807) is 11.8 Å². The van der Waals surface area contributed by atoms with Gasteiger partial charge in [-0.15, -0.1) is 11.8 Å². The van der Waals surface area contributed by atoms with Crippen molar-refractivity contribution >= 4 is 28.3 Å². The van der Waals surface area contributed by atoms with Gasteiger partial charge in [-0.2, -0.15) is 0 Å². The molecule has 2 rings (SSSR count). The number of thiocarbonyl (C=S) groups is 1. The Balaban J connectivity index is 2.10. The largest absolute Gasteiger partial charge is 0.364 e. The predicted molar refractivity (Wildman–Crippen MR) is 71.2 cm³/mol. The summed E-state index contributed by atoms with van der Waals surface area (Å²) in [7, 11) is 0. The molecule has 1 aromatic carbocycles. The lowest BCUT2D eigenvalue weighted by Crippen LogP contribution is -2.26. The zero-order valence-corrected chi connectivity index (χ0v) is 10.4. The van der Waals surface area contributed by atoms with Crippen LogP contribution in [0.4, 0.5) is 0 Å². The van der Waals surface area contributed by atoms with Crippen molar-refractivity contribution in [2.75, 3.05) is 6.26 Å². The van der Waals surface area contributed by atoms with Gasteiger partial charge in [0.25, 0.3) is 0 Å². The molecule has 1 atom stereocenters. The number of benzene rings is 1. The molecule has 1 unspecified atom stereocenters. The Morgan fingerprint density at radius 2 is 2.07 bits per heavy atom. The van der Waals surface area contributed by atoms with E-state index in [0.717, 1.165) is 10.2 Å². The summed E-state index contributed by atoms with van der Waals surface area (Å²) in [4.78, 5) is 0. The van der Waals surface area contributed by atoms with E-state index in [1.165, 1.54) is 18.4 Å². The molecule has 1 nitrogen and oxygen atoms in total. The van der Waals surface area contributed by atoms with Crippen molar-refractivity contribution < 1.29 is 0 Å². The van der Waals surface area contributed by atoms with Crippen LogP contribution in [-0.2, 0) is 0 Å². The first-order chi connectivity index (χ1) is 7.31. The summed E-state index contributed by atoms with van der Waals surface area (Å²) in [5.74, 6) is 0.775. The van der Waals surface area contributed by atoms with Crippen molar-refractivity contribution in [1.29, 1.82) is 0 Å². The molecule has 1 aliphatic carbocycles. The highest BCUT2D eigenvalue weighted by Gasteiger charge is 2.32. The Kier molecular flexibility index (Phi) is 3.65. The van der Waals surface area contributed by atoms with E-state index >= 15 is 0 Å². The molecule has 0 spiro atoms. The predicted octanol–water partition coefficient (Wildman–Crippen LogP) is 3.38. The highest BCUT2D eigenvalue weighted by atomic mass is 32.2. The Morgan fingerprint density at radius 1 is 1.40 bits per heavy atom. The molecule has 3 heteroatoms. The van der Waals surface area contributed by atoms with Crippen LogP contribution in [0.15, 0.2) is 30.3 Å². The summed E-state index contributed by atoms with van der Waals surface area (Å²) in [5.41, 5.74) is 1.36. The van der Waals surface area contributed by atoms with Gasteiger partial charge in [-0.05, 0) is 30.6 Å². The van der Waals surface area contributed by atoms with Crippen LogP contribution in [0.3, 0.4) is 0 Å². The first-order valence-electron chi connectivity index (χ1n) is 5.20. The van der Waals surface area contributed by atoms with Gasteiger partial charge in [0, 0.05) is 0 Å². The standard InChI is InChI=1S/C12H15NS2/c1-15-12(14)13-11(10-7-8-10)9-5-3-2-4-6-9/h2-6,10-11H,7-8H2,1H3,(H,13,14). The molecule has 0 saturated heterocycles. The highest BCUT2D eigenvalue weighted by molar-refractivity contribution is 8.22. The van der Waals surface area contributed by atoms with Crippen molar-refractivity contribution in [2.24, 2.45) is 5.92 Å². The van der Waals surface area contributed by atoms with Crippen LogP contribution in [-0.4, -0.2) is 10.6 Å². The Bertz CT molecular complexity index is 333. The summed E-state index contributed by atoms with van der Waals surface area (Å²) in [6, 6.07) is 11.0. The maximum atomic E-state index is 5.23. The average Bonchev–Trinajstić information content (AvgIpc) is 3.10. The number of thioether (sulfide) groups is 1. The zero-order valence-electron chi connectivity index (χ0n) is 8.77. The lowest BCUT2D eigenvalue weighted by molar-refractivity contribution is 0.577. The average molecular weight is 237 g/mol. The Hall–Kier alpha value is -0.540. The van der Waals surface area contributed by atoms with Gasteiger partial charge in [-0.1, -0.05) is 42.5 Å². The summed E-state index contributed by atoms with van der Waals surface area (Å²) in [5, 5.41) is 3.44. The van der Waals surface area contributed by atoms with Crippen molar-refractivity contribution in [3.8, 4) is 0 Å². The van der Waals surface area contributed by atoms with Crippen LogP contribution in [0, 0.1) is 5.92 Å². The second kappa shape index (κ2) is 4.99. The first kappa shape index (κ1) is 11.0. The summed E-state index contributed by atoms with van der Waals surface area (Å²) in [6.45, 7) is 0. The van der Waals surface area contributed by atoms with Crippen LogP contribution >= 0.6 is 24.0 Å². The van der Waals surface area contributed by atoms with E-state index in [1.807, 2.05) is 6.26 Å². The molecule has 0 aromatic heterocycles. The zero-order chi connectivity index (χ0) is 10.7. The third-order valence-electron chi connectivity index (χ3n) is 2.71. The minimum Gasteiger partial charge on any atom is -0.364 e. The number of nitrogens with one attached hydrogen (secondary N) is 1. The normalized spacial score (nSPS) is 17.1. The topological polar surface area (TPSA) is 12.0 Å². The minimum absolute atomic E-state index is 0.422. The van der Waals surface area contributed by atoms with E-state index in [-0.39, 0.29) is 0 Å². The van der Waals surface area contributed by atoms with Crippen LogP contribution in [0.2, 0.25) is 0 Å². The van der Waals surface area contributed by atoms with Gasteiger partial charge < -0.3 is 5.32 Å². The smallest absolute Gasteiger partial charge is 0.133 e. The SMILES string of the molecule is CSC(=S)NC(c1ccccc1)C1CC1. The van der Waals surface area contributed by atoms with Crippen molar-refractivity contribution in [3.05, 3.63) is 35.9 Å². The fourth-order valence-corrected chi connectivity index (χ4v) is 2.12. The molecular formula is C12H15NS2. The Morgan fingerprint density at radius 3 is 2.60 bits per heavy atom. The van der Waals surface area contributed by atoms with E-state index < -0.39 is 0 Å². The quantitative estimate of drug-likeness (QED) is 0.810. The first-order valence-corrected chi connectivity index (χ1v) is 6.84. The number of rotatable bonds is 3. The fraction of sp³-hybridized carbons (Fsp3) is 0.417. The van der Waals surface area contributed by atoms with E-state index in [9.17, 15) is 0 Å². The fourth-order valence-electron chi connectivity index (χ4n) is 1.75. The minimum atomic E-state index is 0.422. The molecule has 0 heterocycles. The third kappa shape index (κ3) is 2.95. The number of hydrogen-bond donors (Lipinski definition) is 1. The monoisotopic (exact) mass is 237 g/mol. The van der Waals surface area contributed by atoms with Crippen molar-refractivity contribution in [3.63, 3.8) is 0 Å². The van der Waals surface area contributed by atoms with Crippen molar-refractivity contribution in [1.82, 2.24) is 5.32 Å². The van der Waals surface area contributed by atoms with Gasteiger partial charge >= 0.3 is 0 Å². The van der Waals surface area contributed by atoms with Crippen molar-refractivity contribution in [2.45, 2.75) is 18.9 Å². The lowest BCUT2D eigenvalue weighted by atomic mass is 10.0. The van der Waals surface area contributed by atoms with Gasteiger partial charge in [0.1, 0.15) is 4.32 Å². The lowest BCUT2D eigenvalue weighted by Gasteiger charge is -2.19. The molecule has 80 valence electrons. The third-order valence-corrected chi connectivity index (χ3v) is 3.82. The highest BCUT2D eigenvalue weighted by Crippen LogP contribution is 2.41. The van der Waals surface area contributed by atoms with Gasteiger partial charge in [0.15, 0.2) is 0 Å². The molecular weight excluding hydrogens is 222 g/mol. The molecule has 15 heavy (non-hydrogen) atoms. The molecule has 1 aromatic rings. The summed E-state index contributed by atoms with van der Waals surface area (Å²) >= 11 is 6.84. The van der Waals surface area contributed by atoms with Crippen LogP contribution in [0.25, 0.3) is 0 Å². The maximum Gasteiger partial charge on any atom is 0.133 e. The van der Waals surface area contributed by atoms with E-state index in [4.69, 9.17) is 12.2 Å². The number of hydrogen-bond acceptors (Lipinski definition) is 2. The van der Waals surface area contributed by atoms with E-state index in [2.05, 4.69) is 35.6 Å². The van der Waals surface area contributed by atoms with Crippen LogP contribution in [0.1, 0.15) is 24.4 Å². The molecule has 0 amide bonds. The summed E-state index contributed by atoms with van der Waals surface area (Å²) in [6.07, 6.45) is 4.66. The van der Waals surface area contributed by atoms with Gasteiger partial charge in [0.05, 0.1) is 6.04 Å². The van der Waals surface area contributed by atoms with Crippen LogP contribution in [0.5, 0.6) is 0 Å². The molecule has 0 radical (unpaired) electrons. The van der Waals surface area contributed by atoms with Gasteiger partial charge in [-0.3, -0.25) is 0 Å². The molecule has 0 aliphatic heterocycles.